The first-order valence-corrected chi connectivity index (χ1v) is 6.53. The number of carboxylic acids is 1. The molecule has 0 aromatic heterocycles. The van der Waals surface area contributed by atoms with Crippen molar-refractivity contribution in [3.05, 3.63) is 35.4 Å². The second-order valence-corrected chi connectivity index (χ2v) is 4.37. The van der Waals surface area contributed by atoms with Crippen LogP contribution in [0.25, 0.3) is 0 Å². The van der Waals surface area contributed by atoms with Gasteiger partial charge in [0.2, 0.25) is 0 Å². The molecule has 0 saturated carbocycles. The summed E-state index contributed by atoms with van der Waals surface area (Å²) in [6.45, 7) is 7.06. The number of rotatable bonds is 2. The molecule has 1 aromatic rings. The van der Waals surface area contributed by atoms with Gasteiger partial charge in [0, 0.05) is 13.2 Å². The number of carboxylic acid groups (broad SMARTS) is 1. The zero-order valence-corrected chi connectivity index (χ0v) is 11.4. The molecule has 1 aromatic carbocycles. The molecule has 18 heavy (non-hydrogen) atoms. The predicted octanol–water partition coefficient (Wildman–Crippen LogP) is 3.15. The van der Waals surface area contributed by atoms with Crippen LogP contribution in [-0.2, 0) is 14.9 Å². The van der Waals surface area contributed by atoms with Crippen LogP contribution >= 0.6 is 0 Å². The number of hydrogen-bond donors (Lipinski definition) is 1. The summed E-state index contributed by atoms with van der Waals surface area (Å²) in [6.07, 6.45) is 1.12. The summed E-state index contributed by atoms with van der Waals surface area (Å²) in [6, 6.07) is 7.79. The standard InChI is InChI=1S/C13H16O3.C2H6/c1-10-2-4-11(5-3-10)13(12(14)15)6-8-16-9-7-13;1-2/h2-5H,6-9H2,1H3,(H,14,15);1-2H3. The van der Waals surface area contributed by atoms with Gasteiger partial charge >= 0.3 is 5.97 Å². The molecule has 0 bridgehead atoms. The molecule has 1 saturated heterocycles. The van der Waals surface area contributed by atoms with E-state index < -0.39 is 11.4 Å². The molecule has 1 aliphatic rings. The van der Waals surface area contributed by atoms with Gasteiger partial charge in [-0.15, -0.1) is 0 Å². The van der Waals surface area contributed by atoms with Crippen LogP contribution in [0.3, 0.4) is 0 Å². The van der Waals surface area contributed by atoms with Crippen LogP contribution in [0, 0.1) is 6.92 Å². The van der Waals surface area contributed by atoms with Gasteiger partial charge in [-0.1, -0.05) is 43.7 Å². The van der Waals surface area contributed by atoms with Crippen molar-refractivity contribution in [2.75, 3.05) is 13.2 Å². The van der Waals surface area contributed by atoms with E-state index in [9.17, 15) is 9.90 Å². The minimum atomic E-state index is -0.744. The van der Waals surface area contributed by atoms with Crippen molar-refractivity contribution in [1.29, 1.82) is 0 Å². The molecule has 3 nitrogen and oxygen atoms in total. The predicted molar refractivity (Wildman–Crippen MR) is 71.9 cm³/mol. The van der Waals surface area contributed by atoms with Gasteiger partial charge in [-0.3, -0.25) is 4.79 Å². The zero-order valence-electron chi connectivity index (χ0n) is 11.4. The van der Waals surface area contributed by atoms with Crippen molar-refractivity contribution in [3.8, 4) is 0 Å². The molecule has 3 heteroatoms. The third-order valence-corrected chi connectivity index (χ3v) is 3.36. The second kappa shape index (κ2) is 6.55. The van der Waals surface area contributed by atoms with E-state index in [-0.39, 0.29) is 0 Å². The number of ether oxygens (including phenoxy) is 1. The summed E-state index contributed by atoms with van der Waals surface area (Å²) in [5, 5.41) is 9.46. The molecule has 100 valence electrons. The van der Waals surface area contributed by atoms with Gasteiger partial charge in [0.1, 0.15) is 0 Å². The van der Waals surface area contributed by atoms with Gasteiger partial charge in [0.15, 0.2) is 0 Å². The lowest BCUT2D eigenvalue weighted by molar-refractivity contribution is -0.147. The van der Waals surface area contributed by atoms with E-state index >= 15 is 0 Å². The first-order chi connectivity index (χ1) is 8.65. The Morgan fingerprint density at radius 2 is 1.67 bits per heavy atom. The van der Waals surface area contributed by atoms with Crippen LogP contribution in [0.5, 0.6) is 0 Å². The summed E-state index contributed by atoms with van der Waals surface area (Å²) in [4.78, 5) is 11.5. The van der Waals surface area contributed by atoms with Crippen LogP contribution in [0.15, 0.2) is 24.3 Å². The van der Waals surface area contributed by atoms with Crippen LogP contribution in [0.1, 0.15) is 37.8 Å². The first kappa shape index (κ1) is 14.7. The molecule has 0 amide bonds. The lowest BCUT2D eigenvalue weighted by atomic mass is 9.74. The van der Waals surface area contributed by atoms with Gasteiger partial charge < -0.3 is 9.84 Å². The Morgan fingerprint density at radius 1 is 1.17 bits per heavy atom. The van der Waals surface area contributed by atoms with Crippen molar-refractivity contribution in [2.45, 2.75) is 39.0 Å². The number of aliphatic carboxylic acids is 1. The van der Waals surface area contributed by atoms with Crippen LogP contribution in [-0.4, -0.2) is 24.3 Å². The minimum absolute atomic E-state index is 0.528. The van der Waals surface area contributed by atoms with Gasteiger partial charge in [-0.2, -0.15) is 0 Å². The Bertz CT molecular complexity index is 375. The lowest BCUT2D eigenvalue weighted by Crippen LogP contribution is -2.41. The van der Waals surface area contributed by atoms with Crippen molar-refractivity contribution < 1.29 is 14.6 Å². The molecule has 1 N–H and O–H groups in total. The Balaban J connectivity index is 0.000000771. The van der Waals surface area contributed by atoms with Crippen molar-refractivity contribution in [2.24, 2.45) is 0 Å². The summed E-state index contributed by atoms with van der Waals surface area (Å²) in [5.74, 6) is -0.736. The third-order valence-electron chi connectivity index (χ3n) is 3.36. The van der Waals surface area contributed by atoms with Crippen LogP contribution in [0.2, 0.25) is 0 Å². The minimum Gasteiger partial charge on any atom is -0.481 e. The van der Waals surface area contributed by atoms with Gasteiger partial charge in [0.25, 0.3) is 0 Å². The normalized spacial score (nSPS) is 17.5. The molecule has 1 aliphatic heterocycles. The van der Waals surface area contributed by atoms with Crippen molar-refractivity contribution >= 4 is 5.97 Å². The van der Waals surface area contributed by atoms with E-state index in [0.29, 0.717) is 26.1 Å². The quantitative estimate of drug-likeness (QED) is 0.877. The Morgan fingerprint density at radius 3 is 2.11 bits per heavy atom. The molecule has 0 spiro atoms. The van der Waals surface area contributed by atoms with Crippen molar-refractivity contribution in [3.63, 3.8) is 0 Å². The van der Waals surface area contributed by atoms with Crippen LogP contribution in [0.4, 0.5) is 0 Å². The van der Waals surface area contributed by atoms with Gasteiger partial charge in [-0.05, 0) is 25.3 Å². The number of benzene rings is 1. The van der Waals surface area contributed by atoms with E-state index in [2.05, 4.69) is 0 Å². The smallest absolute Gasteiger partial charge is 0.314 e. The lowest BCUT2D eigenvalue weighted by Gasteiger charge is -2.33. The van der Waals surface area contributed by atoms with Gasteiger partial charge in [-0.25, -0.2) is 0 Å². The average molecular weight is 250 g/mol. The second-order valence-electron chi connectivity index (χ2n) is 4.37. The third kappa shape index (κ3) is 2.91. The monoisotopic (exact) mass is 250 g/mol. The topological polar surface area (TPSA) is 46.5 Å². The summed E-state index contributed by atoms with van der Waals surface area (Å²) in [7, 11) is 0. The van der Waals surface area contributed by atoms with E-state index in [1.165, 1.54) is 0 Å². The highest BCUT2D eigenvalue weighted by atomic mass is 16.5. The van der Waals surface area contributed by atoms with E-state index in [1.54, 1.807) is 0 Å². The molecule has 2 rings (SSSR count). The largest absolute Gasteiger partial charge is 0.481 e. The highest BCUT2D eigenvalue weighted by Crippen LogP contribution is 2.35. The Kier molecular flexibility index (Phi) is 5.35. The Labute approximate surface area is 109 Å². The van der Waals surface area contributed by atoms with E-state index in [4.69, 9.17) is 4.74 Å². The fraction of sp³-hybridized carbons (Fsp3) is 0.533. The molecule has 0 aliphatic carbocycles. The number of carbonyl (C=O) groups is 1. The maximum Gasteiger partial charge on any atom is 0.314 e. The SMILES string of the molecule is CC.Cc1ccc(C2(C(=O)O)CCOCC2)cc1. The molecule has 0 radical (unpaired) electrons. The Hall–Kier alpha value is -1.35. The fourth-order valence-corrected chi connectivity index (χ4v) is 2.22. The summed E-state index contributed by atoms with van der Waals surface area (Å²) < 4.78 is 5.26. The van der Waals surface area contributed by atoms with E-state index in [1.807, 2.05) is 45.0 Å². The summed E-state index contributed by atoms with van der Waals surface area (Å²) in [5.41, 5.74) is 1.30. The van der Waals surface area contributed by atoms with Crippen molar-refractivity contribution in [1.82, 2.24) is 0 Å². The zero-order chi connectivity index (χ0) is 13.6. The number of aryl methyl sites for hydroxylation is 1. The molecule has 1 fully saturated rings. The maximum atomic E-state index is 11.5. The molecular weight excluding hydrogens is 228 g/mol. The van der Waals surface area contributed by atoms with Gasteiger partial charge in [0.05, 0.1) is 5.41 Å². The molecule has 0 unspecified atom stereocenters. The molecule has 1 heterocycles. The fourth-order valence-electron chi connectivity index (χ4n) is 2.22. The van der Waals surface area contributed by atoms with Crippen LogP contribution < -0.4 is 0 Å². The highest BCUT2D eigenvalue weighted by molar-refractivity contribution is 5.81. The highest BCUT2D eigenvalue weighted by Gasteiger charge is 2.41. The summed E-state index contributed by atoms with van der Waals surface area (Å²) >= 11 is 0. The average Bonchev–Trinajstić information content (AvgIpc) is 2.42. The molecule has 0 atom stereocenters. The maximum absolute atomic E-state index is 11.5. The van der Waals surface area contributed by atoms with E-state index in [0.717, 1.165) is 11.1 Å². The number of hydrogen-bond acceptors (Lipinski definition) is 2. The molecular formula is C15H22O3. The first-order valence-electron chi connectivity index (χ1n) is 6.53.